The highest BCUT2D eigenvalue weighted by atomic mass is 15.1. The van der Waals surface area contributed by atoms with Gasteiger partial charge in [0, 0.05) is 12.1 Å². The Morgan fingerprint density at radius 2 is 1.33 bits per heavy atom. The second kappa shape index (κ2) is 5.82. The molecule has 90 valence electrons. The second-order valence-electron chi connectivity index (χ2n) is 3.85. The molecule has 2 aromatic heterocycles. The van der Waals surface area contributed by atoms with Crippen LogP contribution in [0.25, 0.3) is 12.2 Å². The van der Waals surface area contributed by atoms with Crippen LogP contribution >= 0.6 is 0 Å². The molecule has 0 radical (unpaired) electrons. The monoisotopic (exact) mass is 240 g/mol. The molecule has 0 aliphatic heterocycles. The zero-order valence-corrected chi connectivity index (χ0v) is 10.2. The standard InChI is InChI=1S/C14H16N4/c1-3-13-5-7-17(11-15-13)9-10-18-8-6-14(4-2)16-12-18/h3-8,11-12H,1-2,9-10H2/q+2. The fraction of sp³-hybridized carbons (Fsp3) is 0.143. The molecular weight excluding hydrogens is 224 g/mol. The highest BCUT2D eigenvalue weighted by molar-refractivity contribution is 5.39. The highest BCUT2D eigenvalue weighted by Crippen LogP contribution is 1.91. The first-order chi connectivity index (χ1) is 8.81. The molecule has 0 atom stereocenters. The van der Waals surface area contributed by atoms with Crippen LogP contribution in [0.2, 0.25) is 0 Å². The minimum absolute atomic E-state index is 0.851. The van der Waals surface area contributed by atoms with Gasteiger partial charge in [-0.05, 0) is 22.1 Å². The van der Waals surface area contributed by atoms with Crippen LogP contribution in [0.3, 0.4) is 0 Å². The molecule has 0 aliphatic rings. The van der Waals surface area contributed by atoms with Crippen molar-refractivity contribution in [2.24, 2.45) is 0 Å². The zero-order chi connectivity index (χ0) is 12.8. The summed E-state index contributed by atoms with van der Waals surface area (Å²) in [5.74, 6) is 0. The Hall–Kier alpha value is -2.36. The predicted molar refractivity (Wildman–Crippen MR) is 69.0 cm³/mol. The van der Waals surface area contributed by atoms with Gasteiger partial charge in [-0.1, -0.05) is 13.2 Å². The smallest absolute Gasteiger partial charge is 0.233 e. The second-order valence-corrected chi connectivity index (χ2v) is 3.85. The quantitative estimate of drug-likeness (QED) is 0.732. The molecule has 18 heavy (non-hydrogen) atoms. The Bertz CT molecular complexity index is 477. The van der Waals surface area contributed by atoms with Gasteiger partial charge in [0.25, 0.3) is 12.7 Å². The minimum atomic E-state index is 0.851. The first-order valence-electron chi connectivity index (χ1n) is 5.77. The molecule has 0 fully saturated rings. The van der Waals surface area contributed by atoms with Crippen molar-refractivity contribution < 1.29 is 9.13 Å². The number of aromatic nitrogens is 4. The number of nitrogens with zero attached hydrogens (tertiary/aromatic N) is 4. The summed E-state index contributed by atoms with van der Waals surface area (Å²) in [6, 6.07) is 3.88. The molecule has 0 N–H and O–H groups in total. The van der Waals surface area contributed by atoms with E-state index in [1.165, 1.54) is 0 Å². The lowest BCUT2D eigenvalue weighted by Crippen LogP contribution is -2.44. The van der Waals surface area contributed by atoms with Crippen molar-refractivity contribution in [3.05, 3.63) is 61.7 Å². The first-order valence-corrected chi connectivity index (χ1v) is 5.77. The van der Waals surface area contributed by atoms with Crippen molar-refractivity contribution in [3.8, 4) is 0 Å². The minimum Gasteiger partial charge on any atom is -0.233 e. The van der Waals surface area contributed by atoms with Crippen molar-refractivity contribution in [2.45, 2.75) is 13.1 Å². The lowest BCUT2D eigenvalue weighted by atomic mass is 10.4. The van der Waals surface area contributed by atoms with Crippen LogP contribution in [-0.2, 0) is 13.1 Å². The fourth-order valence-corrected chi connectivity index (χ4v) is 1.53. The van der Waals surface area contributed by atoms with Crippen LogP contribution in [0.1, 0.15) is 11.4 Å². The zero-order valence-electron chi connectivity index (χ0n) is 10.2. The van der Waals surface area contributed by atoms with E-state index in [9.17, 15) is 0 Å². The molecule has 0 aromatic carbocycles. The molecule has 4 heteroatoms. The van der Waals surface area contributed by atoms with Gasteiger partial charge in [0.05, 0.1) is 12.4 Å². The van der Waals surface area contributed by atoms with Crippen molar-refractivity contribution in [3.63, 3.8) is 0 Å². The van der Waals surface area contributed by atoms with Gasteiger partial charge in [0.2, 0.25) is 0 Å². The van der Waals surface area contributed by atoms with Crippen molar-refractivity contribution in [2.75, 3.05) is 0 Å². The summed E-state index contributed by atoms with van der Waals surface area (Å²) >= 11 is 0. The Balaban J connectivity index is 1.97. The van der Waals surface area contributed by atoms with E-state index in [4.69, 9.17) is 0 Å². The summed E-state index contributed by atoms with van der Waals surface area (Å²) in [7, 11) is 0. The molecule has 0 amide bonds. The summed E-state index contributed by atoms with van der Waals surface area (Å²) < 4.78 is 4.06. The number of rotatable bonds is 5. The normalized spacial score (nSPS) is 10.0. The van der Waals surface area contributed by atoms with Gasteiger partial charge in [-0.25, -0.2) is 9.13 Å². The topological polar surface area (TPSA) is 33.5 Å². The Labute approximate surface area is 107 Å². The first kappa shape index (κ1) is 12.1. The average molecular weight is 240 g/mol. The number of hydrogen-bond acceptors (Lipinski definition) is 2. The molecular formula is C14H16N4+2. The van der Waals surface area contributed by atoms with E-state index in [0.29, 0.717) is 0 Å². The third kappa shape index (κ3) is 3.07. The largest absolute Gasteiger partial charge is 0.286 e. The molecule has 2 heterocycles. The van der Waals surface area contributed by atoms with Gasteiger partial charge in [0.1, 0.15) is 13.1 Å². The van der Waals surface area contributed by atoms with Crippen LogP contribution in [0.5, 0.6) is 0 Å². The Morgan fingerprint density at radius 1 is 0.889 bits per heavy atom. The Kier molecular flexibility index (Phi) is 3.91. The molecule has 0 unspecified atom stereocenters. The van der Waals surface area contributed by atoms with E-state index in [-0.39, 0.29) is 0 Å². The van der Waals surface area contributed by atoms with Crippen molar-refractivity contribution >= 4 is 12.2 Å². The van der Waals surface area contributed by atoms with Crippen LogP contribution in [0, 0.1) is 0 Å². The van der Waals surface area contributed by atoms with E-state index in [1.54, 1.807) is 12.2 Å². The molecule has 0 aliphatic carbocycles. The predicted octanol–water partition coefficient (Wildman–Crippen LogP) is 1.04. The fourth-order valence-electron chi connectivity index (χ4n) is 1.53. The van der Waals surface area contributed by atoms with E-state index in [0.717, 1.165) is 24.5 Å². The van der Waals surface area contributed by atoms with Gasteiger partial charge in [-0.2, -0.15) is 0 Å². The molecule has 0 bridgehead atoms. The lowest BCUT2D eigenvalue weighted by Gasteiger charge is -1.98. The molecule has 0 saturated heterocycles. The van der Waals surface area contributed by atoms with Gasteiger partial charge in [-0.15, -0.1) is 0 Å². The third-order valence-corrected chi connectivity index (χ3v) is 2.62. The molecule has 2 rings (SSSR count). The maximum Gasteiger partial charge on any atom is 0.286 e. The van der Waals surface area contributed by atoms with Gasteiger partial charge >= 0.3 is 0 Å². The van der Waals surface area contributed by atoms with Crippen molar-refractivity contribution in [1.29, 1.82) is 0 Å². The summed E-state index contributed by atoms with van der Waals surface area (Å²) in [6.07, 6.45) is 11.1. The lowest BCUT2D eigenvalue weighted by molar-refractivity contribution is -0.780. The number of aryl methyl sites for hydroxylation is 2. The maximum atomic E-state index is 4.24. The molecule has 0 spiro atoms. The van der Waals surface area contributed by atoms with Crippen molar-refractivity contribution in [1.82, 2.24) is 9.97 Å². The summed E-state index contributed by atoms with van der Waals surface area (Å²) in [6.45, 7) is 9.06. The van der Waals surface area contributed by atoms with Gasteiger partial charge < -0.3 is 0 Å². The van der Waals surface area contributed by atoms with E-state index < -0.39 is 0 Å². The molecule has 4 nitrogen and oxygen atoms in total. The van der Waals surface area contributed by atoms with Crippen LogP contribution < -0.4 is 9.13 Å². The summed E-state index contributed by atoms with van der Waals surface area (Å²) in [5, 5.41) is 0. The summed E-state index contributed by atoms with van der Waals surface area (Å²) in [4.78, 5) is 8.49. The van der Waals surface area contributed by atoms with Gasteiger partial charge in [-0.3, -0.25) is 0 Å². The van der Waals surface area contributed by atoms with Crippen LogP contribution in [0.4, 0.5) is 0 Å². The molecule has 2 aromatic rings. The SMILES string of the molecule is C=Cc1cc[n+](CC[n+]2ccc(C=C)nc2)cn1. The maximum absolute atomic E-state index is 4.24. The van der Waals surface area contributed by atoms with E-state index in [2.05, 4.69) is 23.1 Å². The highest BCUT2D eigenvalue weighted by Gasteiger charge is 2.04. The van der Waals surface area contributed by atoms with E-state index >= 15 is 0 Å². The van der Waals surface area contributed by atoms with Crippen LogP contribution in [0.15, 0.2) is 50.3 Å². The molecule has 0 saturated carbocycles. The summed E-state index contributed by atoms with van der Waals surface area (Å²) in [5.41, 5.74) is 1.77. The van der Waals surface area contributed by atoms with Crippen LogP contribution in [-0.4, -0.2) is 9.97 Å². The Morgan fingerprint density at radius 3 is 1.61 bits per heavy atom. The van der Waals surface area contributed by atoms with Gasteiger partial charge in [0.15, 0.2) is 11.4 Å². The average Bonchev–Trinajstić information content (AvgIpc) is 2.46. The van der Waals surface area contributed by atoms with E-state index in [1.807, 2.05) is 46.3 Å². The number of hydrogen-bond donors (Lipinski definition) is 0. The third-order valence-electron chi connectivity index (χ3n) is 2.62.